The molecule has 118 valence electrons. The van der Waals surface area contributed by atoms with Crippen molar-refractivity contribution in [2.75, 3.05) is 27.4 Å². The highest BCUT2D eigenvalue weighted by molar-refractivity contribution is 5.99. The molecule has 2 N–H and O–H groups in total. The van der Waals surface area contributed by atoms with Crippen molar-refractivity contribution < 1.29 is 19.0 Å². The van der Waals surface area contributed by atoms with Gasteiger partial charge in [0, 0.05) is 24.6 Å². The van der Waals surface area contributed by atoms with Gasteiger partial charge in [0.25, 0.3) is 5.91 Å². The van der Waals surface area contributed by atoms with E-state index in [2.05, 4.69) is 10.3 Å². The number of aromatic nitrogens is 1. The van der Waals surface area contributed by atoms with Gasteiger partial charge in [-0.3, -0.25) is 4.79 Å². The monoisotopic (exact) mass is 304 g/mol. The van der Waals surface area contributed by atoms with Crippen LogP contribution in [0.1, 0.15) is 16.9 Å². The van der Waals surface area contributed by atoms with Crippen molar-refractivity contribution in [2.45, 2.75) is 18.6 Å². The van der Waals surface area contributed by atoms with Gasteiger partial charge in [-0.1, -0.05) is 6.07 Å². The highest BCUT2D eigenvalue weighted by atomic mass is 16.5. The zero-order valence-corrected chi connectivity index (χ0v) is 12.7. The quantitative estimate of drug-likeness (QED) is 0.902. The van der Waals surface area contributed by atoms with E-state index in [4.69, 9.17) is 14.2 Å². The van der Waals surface area contributed by atoms with Gasteiger partial charge in [0.2, 0.25) is 0 Å². The Morgan fingerprint density at radius 2 is 2.27 bits per heavy atom. The molecule has 1 aromatic heterocycles. The highest BCUT2D eigenvalue weighted by Crippen LogP contribution is 2.26. The van der Waals surface area contributed by atoms with Crippen molar-refractivity contribution >= 4 is 16.8 Å². The van der Waals surface area contributed by atoms with Gasteiger partial charge in [0.1, 0.15) is 11.4 Å². The summed E-state index contributed by atoms with van der Waals surface area (Å²) in [7, 11) is 3.27. The van der Waals surface area contributed by atoms with E-state index in [9.17, 15) is 4.79 Å². The fourth-order valence-electron chi connectivity index (χ4n) is 2.81. The molecule has 1 aliphatic heterocycles. The summed E-state index contributed by atoms with van der Waals surface area (Å²) in [6, 6.07) is 7.33. The molecular weight excluding hydrogens is 284 g/mol. The fourth-order valence-corrected chi connectivity index (χ4v) is 2.81. The molecule has 2 heterocycles. The lowest BCUT2D eigenvalue weighted by atomic mass is 10.1. The van der Waals surface area contributed by atoms with Crippen molar-refractivity contribution in [2.24, 2.45) is 0 Å². The molecule has 1 aromatic carbocycles. The second-order valence-electron chi connectivity index (χ2n) is 5.32. The Hall–Kier alpha value is -2.05. The van der Waals surface area contributed by atoms with Crippen molar-refractivity contribution in [3.05, 3.63) is 30.0 Å². The number of hydrogen-bond acceptors (Lipinski definition) is 4. The summed E-state index contributed by atoms with van der Waals surface area (Å²) < 4.78 is 16.1. The first-order valence-corrected chi connectivity index (χ1v) is 7.30. The largest absolute Gasteiger partial charge is 0.496 e. The standard InChI is InChI=1S/C16H20N2O4/c1-20-14-5-3-4-11-10(14)8-12(17-11)16(19)18-13-9-22-7-6-15(13)21-2/h3-5,8,13,15,17H,6-7,9H2,1-2H3,(H,18,19)/t13-,15-/m1/s1. The molecule has 1 saturated heterocycles. The summed E-state index contributed by atoms with van der Waals surface area (Å²) in [5.74, 6) is 0.569. The van der Waals surface area contributed by atoms with E-state index in [1.165, 1.54) is 0 Å². The Kier molecular flexibility index (Phi) is 4.31. The lowest BCUT2D eigenvalue weighted by molar-refractivity contribution is -0.0349. The number of nitrogens with one attached hydrogen (secondary N) is 2. The number of fused-ring (bicyclic) bond motifs is 1. The summed E-state index contributed by atoms with van der Waals surface area (Å²) in [6.07, 6.45) is 0.763. The second-order valence-corrected chi connectivity index (χ2v) is 5.32. The van der Waals surface area contributed by atoms with Gasteiger partial charge in [0.15, 0.2) is 0 Å². The molecule has 0 spiro atoms. The van der Waals surface area contributed by atoms with Gasteiger partial charge in [-0.2, -0.15) is 0 Å². The summed E-state index contributed by atoms with van der Waals surface area (Å²) in [4.78, 5) is 15.6. The maximum atomic E-state index is 12.4. The van der Waals surface area contributed by atoms with Crippen LogP contribution in [0.25, 0.3) is 10.9 Å². The van der Waals surface area contributed by atoms with Crippen LogP contribution in [0.3, 0.4) is 0 Å². The zero-order chi connectivity index (χ0) is 15.5. The first kappa shape index (κ1) is 14.9. The average Bonchev–Trinajstić information content (AvgIpc) is 2.99. The Morgan fingerprint density at radius 3 is 3.05 bits per heavy atom. The van der Waals surface area contributed by atoms with Gasteiger partial charge in [-0.25, -0.2) is 0 Å². The molecule has 0 aliphatic carbocycles. The third-order valence-corrected chi connectivity index (χ3v) is 4.00. The van der Waals surface area contributed by atoms with Gasteiger partial charge >= 0.3 is 0 Å². The second kappa shape index (κ2) is 6.37. The van der Waals surface area contributed by atoms with Gasteiger partial charge in [-0.15, -0.1) is 0 Å². The molecule has 0 bridgehead atoms. The normalized spacial score (nSPS) is 21.7. The van der Waals surface area contributed by atoms with Crippen LogP contribution in [-0.4, -0.2) is 50.5 Å². The van der Waals surface area contributed by atoms with Crippen LogP contribution < -0.4 is 10.1 Å². The first-order chi connectivity index (χ1) is 10.7. The van der Waals surface area contributed by atoms with Crippen LogP contribution in [0.2, 0.25) is 0 Å². The van der Waals surface area contributed by atoms with Crippen LogP contribution in [-0.2, 0) is 9.47 Å². The molecule has 22 heavy (non-hydrogen) atoms. The predicted octanol–water partition coefficient (Wildman–Crippen LogP) is 1.71. The highest BCUT2D eigenvalue weighted by Gasteiger charge is 2.27. The number of H-pyrrole nitrogens is 1. The summed E-state index contributed by atoms with van der Waals surface area (Å²) in [5.41, 5.74) is 1.37. The molecule has 2 aromatic rings. The molecule has 0 saturated carbocycles. The number of carbonyl (C=O) groups is 1. The SMILES string of the molecule is COc1cccc2[nH]c(C(=O)N[C@@H]3COCC[C@H]3OC)cc12. The van der Waals surface area contributed by atoms with E-state index >= 15 is 0 Å². The van der Waals surface area contributed by atoms with E-state index in [-0.39, 0.29) is 18.1 Å². The maximum absolute atomic E-state index is 12.4. The van der Waals surface area contributed by atoms with Crippen molar-refractivity contribution in [1.82, 2.24) is 10.3 Å². The van der Waals surface area contributed by atoms with Crippen molar-refractivity contribution in [3.8, 4) is 5.75 Å². The molecular formula is C16H20N2O4. The predicted molar refractivity (Wildman–Crippen MR) is 82.3 cm³/mol. The Bertz CT molecular complexity index is 667. The number of aromatic amines is 1. The van der Waals surface area contributed by atoms with E-state index < -0.39 is 0 Å². The summed E-state index contributed by atoms with van der Waals surface area (Å²) in [6.45, 7) is 1.13. The molecule has 1 aliphatic rings. The van der Waals surface area contributed by atoms with E-state index in [1.807, 2.05) is 18.2 Å². The molecule has 0 unspecified atom stereocenters. The molecule has 0 radical (unpaired) electrons. The molecule has 6 nitrogen and oxygen atoms in total. The number of benzene rings is 1. The van der Waals surface area contributed by atoms with Crippen molar-refractivity contribution in [3.63, 3.8) is 0 Å². The van der Waals surface area contributed by atoms with Crippen LogP contribution in [0.15, 0.2) is 24.3 Å². The Morgan fingerprint density at radius 1 is 1.41 bits per heavy atom. The van der Waals surface area contributed by atoms with Crippen LogP contribution in [0, 0.1) is 0 Å². The number of amides is 1. The lowest BCUT2D eigenvalue weighted by Crippen LogP contribution is -2.50. The van der Waals surface area contributed by atoms with Crippen LogP contribution in [0.4, 0.5) is 0 Å². The number of hydrogen-bond donors (Lipinski definition) is 2. The maximum Gasteiger partial charge on any atom is 0.268 e. The Labute approximate surface area is 128 Å². The molecule has 2 atom stereocenters. The number of ether oxygens (including phenoxy) is 3. The average molecular weight is 304 g/mol. The van der Waals surface area contributed by atoms with Crippen LogP contribution >= 0.6 is 0 Å². The van der Waals surface area contributed by atoms with E-state index in [0.717, 1.165) is 23.1 Å². The zero-order valence-electron chi connectivity index (χ0n) is 12.7. The number of carbonyl (C=O) groups excluding carboxylic acids is 1. The fraction of sp³-hybridized carbons (Fsp3) is 0.438. The number of methoxy groups -OCH3 is 2. The Balaban J connectivity index is 1.80. The molecule has 3 rings (SSSR count). The summed E-state index contributed by atoms with van der Waals surface area (Å²) >= 11 is 0. The lowest BCUT2D eigenvalue weighted by Gasteiger charge is -2.30. The van der Waals surface area contributed by atoms with E-state index in [1.54, 1.807) is 20.3 Å². The topological polar surface area (TPSA) is 72.6 Å². The first-order valence-electron chi connectivity index (χ1n) is 7.30. The minimum Gasteiger partial charge on any atom is -0.496 e. The van der Waals surface area contributed by atoms with E-state index in [0.29, 0.717) is 18.9 Å². The third-order valence-electron chi connectivity index (χ3n) is 4.00. The minimum absolute atomic E-state index is 0.0170. The smallest absolute Gasteiger partial charge is 0.268 e. The summed E-state index contributed by atoms with van der Waals surface area (Å²) in [5, 5.41) is 3.86. The number of rotatable bonds is 4. The van der Waals surface area contributed by atoms with Crippen LogP contribution in [0.5, 0.6) is 5.75 Å². The van der Waals surface area contributed by atoms with Gasteiger partial charge in [-0.05, 0) is 24.6 Å². The van der Waals surface area contributed by atoms with Gasteiger partial charge in [0.05, 0.1) is 25.9 Å². The third kappa shape index (κ3) is 2.80. The molecule has 1 amide bonds. The van der Waals surface area contributed by atoms with Gasteiger partial charge < -0.3 is 24.5 Å². The van der Waals surface area contributed by atoms with Crippen molar-refractivity contribution in [1.29, 1.82) is 0 Å². The minimum atomic E-state index is -0.171. The molecule has 6 heteroatoms. The molecule has 1 fully saturated rings.